The molecule has 1 aromatic heterocycles. The number of nitrogens with zero attached hydrogens (tertiary/aromatic N) is 3. The van der Waals surface area contributed by atoms with Crippen molar-refractivity contribution in [3.05, 3.63) is 34.7 Å². The predicted molar refractivity (Wildman–Crippen MR) is 86.8 cm³/mol. The number of fused-ring (bicyclic) bond motifs is 1. The third-order valence-corrected chi connectivity index (χ3v) is 4.74. The summed E-state index contributed by atoms with van der Waals surface area (Å²) in [5.74, 6) is 0.872. The number of rotatable bonds is 3. The lowest BCUT2D eigenvalue weighted by molar-refractivity contribution is -0.132. The fourth-order valence-electron chi connectivity index (χ4n) is 3.20. The molecule has 5 nitrogen and oxygen atoms in total. The molecule has 0 unspecified atom stereocenters. The number of amides is 1. The first-order valence-electron chi connectivity index (χ1n) is 8.00. The van der Waals surface area contributed by atoms with Gasteiger partial charge in [0.15, 0.2) is 0 Å². The zero-order valence-electron chi connectivity index (χ0n) is 13.3. The van der Waals surface area contributed by atoms with Gasteiger partial charge in [0.1, 0.15) is 0 Å². The first-order valence-corrected chi connectivity index (χ1v) is 8.00. The molecular weight excluding hydrogens is 278 g/mol. The molecule has 0 spiro atoms. The van der Waals surface area contributed by atoms with Gasteiger partial charge in [0.25, 0.3) is 0 Å². The second-order valence-electron chi connectivity index (χ2n) is 6.30. The Balaban J connectivity index is 1.73. The molecule has 1 aromatic carbocycles. The summed E-state index contributed by atoms with van der Waals surface area (Å²) in [6.07, 6.45) is 2.56. The van der Waals surface area contributed by atoms with Crippen molar-refractivity contribution in [2.24, 2.45) is 13.0 Å². The quantitative estimate of drug-likeness (QED) is 0.870. The van der Waals surface area contributed by atoms with Crippen LogP contribution in [-0.4, -0.2) is 33.0 Å². The summed E-state index contributed by atoms with van der Waals surface area (Å²) in [4.78, 5) is 26.6. The monoisotopic (exact) mass is 301 g/mol. The zero-order chi connectivity index (χ0) is 15.7. The summed E-state index contributed by atoms with van der Waals surface area (Å²) in [5.41, 5.74) is 1.75. The lowest BCUT2D eigenvalue weighted by atomic mass is 9.99. The van der Waals surface area contributed by atoms with Gasteiger partial charge in [-0.2, -0.15) is 0 Å². The molecule has 1 aliphatic heterocycles. The largest absolute Gasteiger partial charge is 0.343 e. The van der Waals surface area contributed by atoms with E-state index in [1.54, 1.807) is 16.2 Å². The maximum absolute atomic E-state index is 12.3. The van der Waals surface area contributed by atoms with Gasteiger partial charge in [0.2, 0.25) is 5.91 Å². The van der Waals surface area contributed by atoms with Gasteiger partial charge >= 0.3 is 5.69 Å². The minimum Gasteiger partial charge on any atom is -0.343 e. The third-order valence-electron chi connectivity index (χ3n) is 4.74. The molecule has 0 saturated carbocycles. The molecule has 3 rings (SSSR count). The van der Waals surface area contributed by atoms with E-state index in [-0.39, 0.29) is 11.6 Å². The van der Waals surface area contributed by atoms with Crippen molar-refractivity contribution in [3.63, 3.8) is 0 Å². The van der Waals surface area contributed by atoms with Crippen molar-refractivity contribution in [2.45, 2.75) is 32.7 Å². The van der Waals surface area contributed by atoms with E-state index < -0.39 is 0 Å². The zero-order valence-corrected chi connectivity index (χ0v) is 13.3. The Morgan fingerprint density at radius 2 is 1.82 bits per heavy atom. The lowest BCUT2D eigenvalue weighted by Crippen LogP contribution is -2.38. The van der Waals surface area contributed by atoms with Crippen molar-refractivity contribution in [1.29, 1.82) is 0 Å². The van der Waals surface area contributed by atoms with Crippen molar-refractivity contribution < 1.29 is 4.79 Å². The van der Waals surface area contributed by atoms with Crippen LogP contribution in [0.1, 0.15) is 26.2 Å². The van der Waals surface area contributed by atoms with Gasteiger partial charge in [-0.05, 0) is 30.9 Å². The number of carbonyl (C=O) groups is 1. The van der Waals surface area contributed by atoms with Crippen LogP contribution >= 0.6 is 0 Å². The predicted octanol–water partition coefficient (Wildman–Crippen LogP) is 1.99. The molecule has 0 atom stereocenters. The number of aryl methyl sites for hydroxylation is 2. The lowest BCUT2D eigenvalue weighted by Gasteiger charge is -2.30. The number of hydrogen-bond acceptors (Lipinski definition) is 2. The van der Waals surface area contributed by atoms with Crippen LogP contribution in [0.2, 0.25) is 0 Å². The fourth-order valence-corrected chi connectivity index (χ4v) is 3.20. The Kier molecular flexibility index (Phi) is 4.05. The van der Waals surface area contributed by atoms with Crippen LogP contribution in [-0.2, 0) is 18.4 Å². The topological polar surface area (TPSA) is 47.2 Å². The van der Waals surface area contributed by atoms with E-state index in [0.717, 1.165) is 37.0 Å². The Bertz CT molecular complexity index is 736. The molecule has 1 saturated heterocycles. The van der Waals surface area contributed by atoms with Crippen LogP contribution < -0.4 is 5.69 Å². The van der Waals surface area contributed by atoms with Crippen LogP contribution in [0, 0.1) is 5.92 Å². The first kappa shape index (κ1) is 14.9. The number of hydrogen-bond donors (Lipinski definition) is 0. The van der Waals surface area contributed by atoms with Crippen LogP contribution in [0.25, 0.3) is 11.0 Å². The summed E-state index contributed by atoms with van der Waals surface area (Å²) >= 11 is 0. The van der Waals surface area contributed by atoms with Crippen molar-refractivity contribution in [1.82, 2.24) is 14.0 Å². The van der Waals surface area contributed by atoms with Gasteiger partial charge in [-0.25, -0.2) is 4.79 Å². The summed E-state index contributed by atoms with van der Waals surface area (Å²) in [6, 6.07) is 7.71. The smallest absolute Gasteiger partial charge is 0.328 e. The molecule has 2 aromatic rings. The second kappa shape index (κ2) is 5.99. The van der Waals surface area contributed by atoms with E-state index in [9.17, 15) is 9.59 Å². The van der Waals surface area contributed by atoms with Crippen molar-refractivity contribution in [3.8, 4) is 0 Å². The molecule has 1 aliphatic rings. The molecule has 0 aliphatic carbocycles. The highest BCUT2D eigenvalue weighted by Gasteiger charge is 2.20. The average Bonchev–Trinajstić information content (AvgIpc) is 2.78. The number of aromatic nitrogens is 2. The normalized spacial score (nSPS) is 16.4. The van der Waals surface area contributed by atoms with E-state index in [1.807, 2.05) is 29.2 Å². The molecule has 0 bridgehead atoms. The number of carbonyl (C=O) groups excluding carboxylic acids is 1. The highest BCUT2D eigenvalue weighted by molar-refractivity contribution is 5.78. The average molecular weight is 301 g/mol. The number of piperidine rings is 1. The molecule has 1 amide bonds. The minimum absolute atomic E-state index is 0.0544. The number of imidazole rings is 1. The van der Waals surface area contributed by atoms with Gasteiger partial charge in [-0.3, -0.25) is 13.9 Å². The van der Waals surface area contributed by atoms with Crippen molar-refractivity contribution in [2.75, 3.05) is 13.1 Å². The molecule has 0 radical (unpaired) electrons. The Morgan fingerprint density at radius 3 is 2.50 bits per heavy atom. The number of benzene rings is 1. The minimum atomic E-state index is -0.0544. The fraction of sp³-hybridized carbons (Fsp3) is 0.529. The van der Waals surface area contributed by atoms with Crippen LogP contribution in [0.4, 0.5) is 0 Å². The highest BCUT2D eigenvalue weighted by Crippen LogP contribution is 2.17. The van der Waals surface area contributed by atoms with Gasteiger partial charge < -0.3 is 4.90 Å². The second-order valence-corrected chi connectivity index (χ2v) is 6.30. The molecule has 1 fully saturated rings. The maximum Gasteiger partial charge on any atom is 0.328 e. The van der Waals surface area contributed by atoms with E-state index in [1.165, 1.54) is 0 Å². The summed E-state index contributed by atoms with van der Waals surface area (Å²) in [5, 5.41) is 0. The number of likely N-dealkylation sites (tertiary alicyclic amines) is 1. The first-order chi connectivity index (χ1) is 10.6. The molecular formula is C17H23N3O2. The maximum atomic E-state index is 12.3. The third kappa shape index (κ3) is 2.67. The van der Waals surface area contributed by atoms with Crippen LogP contribution in [0.15, 0.2) is 29.1 Å². The number of para-hydroxylation sites is 2. The van der Waals surface area contributed by atoms with E-state index in [0.29, 0.717) is 18.9 Å². The molecule has 22 heavy (non-hydrogen) atoms. The van der Waals surface area contributed by atoms with Crippen molar-refractivity contribution >= 4 is 16.9 Å². The Labute approximate surface area is 130 Å². The van der Waals surface area contributed by atoms with E-state index in [4.69, 9.17) is 0 Å². The van der Waals surface area contributed by atoms with Crippen LogP contribution in [0.3, 0.4) is 0 Å². The van der Waals surface area contributed by atoms with Crippen LogP contribution in [0.5, 0.6) is 0 Å². The highest BCUT2D eigenvalue weighted by atomic mass is 16.2. The molecule has 5 heteroatoms. The van der Waals surface area contributed by atoms with Gasteiger partial charge in [0, 0.05) is 33.1 Å². The van der Waals surface area contributed by atoms with E-state index in [2.05, 4.69) is 6.92 Å². The summed E-state index contributed by atoms with van der Waals surface area (Å²) < 4.78 is 3.35. The Hall–Kier alpha value is -2.04. The van der Waals surface area contributed by atoms with Gasteiger partial charge in [-0.15, -0.1) is 0 Å². The van der Waals surface area contributed by atoms with E-state index >= 15 is 0 Å². The Morgan fingerprint density at radius 1 is 1.18 bits per heavy atom. The van der Waals surface area contributed by atoms with Gasteiger partial charge in [0.05, 0.1) is 11.0 Å². The summed E-state index contributed by atoms with van der Waals surface area (Å²) in [7, 11) is 1.77. The standard InChI is InChI=1S/C17H23N3O2/c1-13-7-10-19(11-8-13)16(21)9-12-20-15-6-4-3-5-14(15)18(2)17(20)22/h3-6,13H,7-12H2,1-2H3. The summed E-state index contributed by atoms with van der Waals surface area (Å²) in [6.45, 7) is 4.39. The molecule has 0 N–H and O–H groups in total. The molecule has 2 heterocycles. The van der Waals surface area contributed by atoms with Gasteiger partial charge in [-0.1, -0.05) is 19.1 Å². The SMILES string of the molecule is CC1CCN(C(=O)CCn2c(=O)n(C)c3ccccc32)CC1. The molecule has 118 valence electrons.